The van der Waals surface area contributed by atoms with E-state index in [0.29, 0.717) is 0 Å². The Labute approximate surface area is 73.4 Å². The molecule has 0 radical (unpaired) electrons. The van der Waals surface area contributed by atoms with E-state index < -0.39 is 0 Å². The van der Waals surface area contributed by atoms with E-state index in [-0.39, 0.29) is 0 Å². The van der Waals surface area contributed by atoms with Crippen LogP contribution in [0.4, 0.5) is 0 Å². The number of hydrogen-bond donors (Lipinski definition) is 1. The van der Waals surface area contributed by atoms with E-state index in [9.17, 15) is 0 Å². The maximum absolute atomic E-state index is 3.97. The van der Waals surface area contributed by atoms with Gasteiger partial charge in [-0.15, -0.1) is 0 Å². The van der Waals surface area contributed by atoms with Crippen LogP contribution in [0.25, 0.3) is 0 Å². The molecule has 1 aliphatic carbocycles. The molecule has 1 heterocycles. The highest BCUT2D eigenvalue weighted by Crippen LogP contribution is 2.50. The van der Waals surface area contributed by atoms with Crippen LogP contribution < -0.4 is 0 Å². The summed E-state index contributed by atoms with van der Waals surface area (Å²) in [6, 6.07) is 0. The molecule has 0 bridgehead atoms. The third-order valence-corrected chi connectivity index (χ3v) is 2.64. The minimum atomic E-state index is 0.811. The number of nitrogens with one attached hydrogen (secondary N) is 1. The number of aromatic amines is 1. The van der Waals surface area contributed by atoms with Crippen LogP contribution >= 0.6 is 0 Å². The van der Waals surface area contributed by atoms with Gasteiger partial charge in [-0.3, -0.25) is 5.10 Å². The summed E-state index contributed by atoms with van der Waals surface area (Å²) in [6.07, 6.45) is 6.74. The third kappa shape index (κ3) is 1.52. The lowest BCUT2D eigenvalue weighted by Gasteiger charge is -2.01. The van der Waals surface area contributed by atoms with Crippen molar-refractivity contribution in [2.45, 2.75) is 32.6 Å². The minimum Gasteiger partial charge on any atom is -0.285 e. The van der Waals surface area contributed by atoms with Gasteiger partial charge in [0.05, 0.1) is 6.20 Å². The molecule has 1 fully saturated rings. The predicted molar refractivity (Wildman–Crippen MR) is 48.9 cm³/mol. The summed E-state index contributed by atoms with van der Waals surface area (Å²) in [5.41, 5.74) is 1.40. The van der Waals surface area contributed by atoms with E-state index in [4.69, 9.17) is 0 Å². The SMILES string of the molecule is CC(C)C[C@H]1C[C@@H]1c1cn[nH]c1. The number of H-pyrrole nitrogens is 1. The van der Waals surface area contributed by atoms with E-state index in [1.807, 2.05) is 12.4 Å². The van der Waals surface area contributed by atoms with Gasteiger partial charge in [0.25, 0.3) is 0 Å². The largest absolute Gasteiger partial charge is 0.285 e. The molecule has 1 aliphatic rings. The van der Waals surface area contributed by atoms with Crippen LogP contribution in [0.5, 0.6) is 0 Å². The summed E-state index contributed by atoms with van der Waals surface area (Å²) < 4.78 is 0. The van der Waals surface area contributed by atoms with Crippen LogP contribution in [-0.2, 0) is 0 Å². The zero-order valence-electron chi connectivity index (χ0n) is 7.75. The van der Waals surface area contributed by atoms with Gasteiger partial charge in [0.15, 0.2) is 0 Å². The summed E-state index contributed by atoms with van der Waals surface area (Å²) in [4.78, 5) is 0. The molecule has 0 saturated heterocycles. The van der Waals surface area contributed by atoms with Crippen molar-refractivity contribution in [1.29, 1.82) is 0 Å². The van der Waals surface area contributed by atoms with Crippen molar-refractivity contribution in [2.24, 2.45) is 11.8 Å². The standard InChI is InChI=1S/C10H16N2/c1-7(2)3-8-4-10(8)9-5-11-12-6-9/h5-8,10H,3-4H2,1-2H3,(H,11,12)/t8-,10-/m0/s1. The molecule has 2 nitrogen and oxygen atoms in total. The second-order valence-corrected chi connectivity index (χ2v) is 4.26. The smallest absolute Gasteiger partial charge is 0.0522 e. The molecular formula is C10H16N2. The normalized spacial score (nSPS) is 27.9. The number of nitrogens with zero attached hydrogens (tertiary/aromatic N) is 1. The van der Waals surface area contributed by atoms with Gasteiger partial charge < -0.3 is 0 Å². The summed E-state index contributed by atoms with van der Waals surface area (Å²) in [7, 11) is 0. The Kier molecular flexibility index (Phi) is 1.91. The zero-order valence-corrected chi connectivity index (χ0v) is 7.75. The van der Waals surface area contributed by atoms with Crippen LogP contribution in [0.3, 0.4) is 0 Å². The summed E-state index contributed by atoms with van der Waals surface area (Å²) in [5.74, 6) is 2.58. The van der Waals surface area contributed by atoms with Gasteiger partial charge in [0.2, 0.25) is 0 Å². The number of rotatable bonds is 3. The van der Waals surface area contributed by atoms with E-state index >= 15 is 0 Å². The molecule has 2 rings (SSSR count). The monoisotopic (exact) mass is 164 g/mol. The van der Waals surface area contributed by atoms with E-state index in [1.54, 1.807) is 0 Å². The fourth-order valence-corrected chi connectivity index (χ4v) is 1.99. The Morgan fingerprint density at radius 1 is 1.67 bits per heavy atom. The van der Waals surface area contributed by atoms with E-state index in [0.717, 1.165) is 17.8 Å². The highest BCUT2D eigenvalue weighted by Gasteiger charge is 2.38. The molecule has 0 aliphatic heterocycles. The molecule has 0 aromatic carbocycles. The molecule has 66 valence electrons. The van der Waals surface area contributed by atoms with Crippen LogP contribution in [0.15, 0.2) is 12.4 Å². The zero-order chi connectivity index (χ0) is 8.55. The van der Waals surface area contributed by atoms with E-state index in [1.165, 1.54) is 18.4 Å². The lowest BCUT2D eigenvalue weighted by atomic mass is 10.0. The van der Waals surface area contributed by atoms with Crippen molar-refractivity contribution in [3.05, 3.63) is 18.0 Å². The van der Waals surface area contributed by atoms with Gasteiger partial charge in [-0.05, 0) is 36.2 Å². The average Bonchev–Trinajstić information content (AvgIpc) is 2.59. The second kappa shape index (κ2) is 2.92. The van der Waals surface area contributed by atoms with Gasteiger partial charge in [-0.2, -0.15) is 5.10 Å². The molecule has 0 unspecified atom stereocenters. The van der Waals surface area contributed by atoms with Gasteiger partial charge in [0.1, 0.15) is 0 Å². The highest BCUT2D eigenvalue weighted by atomic mass is 15.1. The summed E-state index contributed by atoms with van der Waals surface area (Å²) in [6.45, 7) is 4.59. The predicted octanol–water partition coefficient (Wildman–Crippen LogP) is 2.56. The maximum Gasteiger partial charge on any atom is 0.0522 e. The Balaban J connectivity index is 1.88. The van der Waals surface area contributed by atoms with Crippen molar-refractivity contribution in [2.75, 3.05) is 0 Å². The van der Waals surface area contributed by atoms with Gasteiger partial charge >= 0.3 is 0 Å². The molecule has 12 heavy (non-hydrogen) atoms. The van der Waals surface area contributed by atoms with Crippen molar-refractivity contribution >= 4 is 0 Å². The first-order valence-electron chi connectivity index (χ1n) is 4.76. The van der Waals surface area contributed by atoms with Crippen LogP contribution in [0, 0.1) is 11.8 Å². The fraction of sp³-hybridized carbons (Fsp3) is 0.700. The van der Waals surface area contributed by atoms with Gasteiger partial charge in [-0.1, -0.05) is 13.8 Å². The molecule has 0 amide bonds. The lowest BCUT2D eigenvalue weighted by Crippen LogP contribution is -1.89. The quantitative estimate of drug-likeness (QED) is 0.730. The Morgan fingerprint density at radius 2 is 2.50 bits per heavy atom. The van der Waals surface area contributed by atoms with Crippen molar-refractivity contribution in [3.8, 4) is 0 Å². The molecule has 1 aromatic rings. The fourth-order valence-electron chi connectivity index (χ4n) is 1.99. The molecule has 1 saturated carbocycles. The summed E-state index contributed by atoms with van der Waals surface area (Å²) >= 11 is 0. The highest BCUT2D eigenvalue weighted by molar-refractivity contribution is 5.19. The van der Waals surface area contributed by atoms with Gasteiger partial charge in [-0.25, -0.2) is 0 Å². The van der Waals surface area contributed by atoms with Crippen LogP contribution in [0.2, 0.25) is 0 Å². The Bertz CT molecular complexity index is 238. The van der Waals surface area contributed by atoms with Crippen LogP contribution in [-0.4, -0.2) is 10.2 Å². The maximum atomic E-state index is 3.97. The van der Waals surface area contributed by atoms with Crippen molar-refractivity contribution in [1.82, 2.24) is 10.2 Å². The molecule has 1 aromatic heterocycles. The Hall–Kier alpha value is -0.790. The minimum absolute atomic E-state index is 0.811. The molecule has 2 atom stereocenters. The van der Waals surface area contributed by atoms with Crippen molar-refractivity contribution in [3.63, 3.8) is 0 Å². The van der Waals surface area contributed by atoms with E-state index in [2.05, 4.69) is 24.0 Å². The topological polar surface area (TPSA) is 28.7 Å². The van der Waals surface area contributed by atoms with Crippen molar-refractivity contribution < 1.29 is 0 Å². The molecule has 1 N–H and O–H groups in total. The van der Waals surface area contributed by atoms with Gasteiger partial charge in [0, 0.05) is 6.20 Å². The summed E-state index contributed by atoms with van der Waals surface area (Å²) in [5, 5.41) is 6.85. The molecule has 2 heteroatoms. The second-order valence-electron chi connectivity index (χ2n) is 4.26. The lowest BCUT2D eigenvalue weighted by molar-refractivity contribution is 0.532. The molecule has 0 spiro atoms. The number of hydrogen-bond acceptors (Lipinski definition) is 1. The molecular weight excluding hydrogens is 148 g/mol. The van der Waals surface area contributed by atoms with Crippen LogP contribution in [0.1, 0.15) is 38.2 Å². The first-order valence-corrected chi connectivity index (χ1v) is 4.76. The average molecular weight is 164 g/mol. The first kappa shape index (κ1) is 7.84. The first-order chi connectivity index (χ1) is 5.77. The number of aromatic nitrogens is 2. The third-order valence-electron chi connectivity index (χ3n) is 2.64. The Morgan fingerprint density at radius 3 is 3.08 bits per heavy atom.